The lowest BCUT2D eigenvalue weighted by molar-refractivity contribution is 0.444. The Morgan fingerprint density at radius 3 is 2.53 bits per heavy atom. The van der Waals surface area contributed by atoms with E-state index in [1.54, 1.807) is 36.7 Å². The SMILES string of the molecule is CCN(CC)S(=O)(=O)c1ccc(=O)n(Cc2nnc3n(C)c(=O)c4sccc4n23)c1. The number of aryl methyl sites for hydroxylation is 1. The van der Waals surface area contributed by atoms with Gasteiger partial charge in [-0.05, 0) is 17.5 Å². The largest absolute Gasteiger partial charge is 0.307 e. The van der Waals surface area contributed by atoms with E-state index >= 15 is 0 Å². The van der Waals surface area contributed by atoms with Crippen LogP contribution in [0, 0.1) is 0 Å². The highest BCUT2D eigenvalue weighted by atomic mass is 32.2. The zero-order valence-corrected chi connectivity index (χ0v) is 18.3. The Bertz CT molecular complexity index is 1470. The highest BCUT2D eigenvalue weighted by Gasteiger charge is 2.23. The number of thiophene rings is 1. The molecule has 0 amide bonds. The van der Waals surface area contributed by atoms with Crippen molar-refractivity contribution in [1.29, 1.82) is 0 Å². The van der Waals surface area contributed by atoms with Gasteiger partial charge in [0.05, 0.1) is 17.0 Å². The Balaban J connectivity index is 1.86. The van der Waals surface area contributed by atoms with Gasteiger partial charge in [-0.25, -0.2) is 8.42 Å². The number of aromatic nitrogens is 5. The maximum absolute atomic E-state index is 12.8. The fraction of sp³-hybridized carbons (Fsp3) is 0.333. The molecule has 0 unspecified atom stereocenters. The summed E-state index contributed by atoms with van der Waals surface area (Å²) in [5.41, 5.74) is 0.116. The average Bonchev–Trinajstić information content (AvgIpc) is 3.35. The van der Waals surface area contributed by atoms with Gasteiger partial charge in [0, 0.05) is 32.4 Å². The number of hydrogen-bond acceptors (Lipinski definition) is 7. The molecule has 0 aliphatic carbocycles. The molecule has 30 heavy (non-hydrogen) atoms. The van der Waals surface area contributed by atoms with Crippen LogP contribution in [0.2, 0.25) is 0 Å². The van der Waals surface area contributed by atoms with Gasteiger partial charge in [0.1, 0.15) is 4.70 Å². The lowest BCUT2D eigenvalue weighted by Gasteiger charge is -2.19. The molecular formula is C18H20N6O4S2. The van der Waals surface area contributed by atoms with Crippen LogP contribution < -0.4 is 11.1 Å². The smallest absolute Gasteiger partial charge is 0.272 e. The van der Waals surface area contributed by atoms with Gasteiger partial charge in [0.25, 0.3) is 11.1 Å². The van der Waals surface area contributed by atoms with E-state index in [-0.39, 0.29) is 22.6 Å². The van der Waals surface area contributed by atoms with Crippen molar-refractivity contribution in [3.05, 3.63) is 56.3 Å². The normalized spacial score (nSPS) is 12.4. The predicted molar refractivity (Wildman–Crippen MR) is 114 cm³/mol. The fourth-order valence-corrected chi connectivity index (χ4v) is 5.74. The van der Waals surface area contributed by atoms with E-state index in [0.29, 0.717) is 34.9 Å². The van der Waals surface area contributed by atoms with E-state index in [2.05, 4.69) is 10.2 Å². The van der Waals surface area contributed by atoms with E-state index in [1.165, 1.54) is 43.1 Å². The van der Waals surface area contributed by atoms with Crippen molar-refractivity contribution in [2.45, 2.75) is 25.3 Å². The molecule has 0 fully saturated rings. The Morgan fingerprint density at radius 1 is 1.10 bits per heavy atom. The summed E-state index contributed by atoms with van der Waals surface area (Å²) >= 11 is 1.32. The van der Waals surface area contributed by atoms with Gasteiger partial charge in [-0.1, -0.05) is 13.8 Å². The molecule has 4 aromatic heterocycles. The molecule has 10 nitrogen and oxygen atoms in total. The first kappa shape index (κ1) is 20.4. The first-order chi connectivity index (χ1) is 14.3. The van der Waals surface area contributed by atoms with E-state index in [1.807, 2.05) is 0 Å². The molecule has 4 aromatic rings. The second-order valence-corrected chi connectivity index (χ2v) is 9.53. The van der Waals surface area contributed by atoms with Crippen molar-refractivity contribution in [3.8, 4) is 0 Å². The summed E-state index contributed by atoms with van der Waals surface area (Å²) < 4.78 is 32.0. The van der Waals surface area contributed by atoms with Crippen LogP contribution in [-0.4, -0.2) is 49.5 Å². The lowest BCUT2D eigenvalue weighted by Crippen LogP contribution is -2.32. The zero-order valence-electron chi connectivity index (χ0n) is 16.6. The molecule has 4 heterocycles. The molecule has 0 saturated heterocycles. The van der Waals surface area contributed by atoms with Gasteiger partial charge in [0.2, 0.25) is 15.8 Å². The molecule has 0 N–H and O–H groups in total. The summed E-state index contributed by atoms with van der Waals surface area (Å²) in [7, 11) is -2.10. The van der Waals surface area contributed by atoms with Crippen molar-refractivity contribution >= 4 is 37.4 Å². The Hall–Kier alpha value is -2.83. The highest BCUT2D eigenvalue weighted by Crippen LogP contribution is 2.20. The highest BCUT2D eigenvalue weighted by molar-refractivity contribution is 7.89. The topological polar surface area (TPSA) is 112 Å². The molecule has 0 spiro atoms. The van der Waals surface area contributed by atoms with Gasteiger partial charge < -0.3 is 4.57 Å². The molecule has 4 rings (SSSR count). The molecule has 0 aliphatic rings. The average molecular weight is 449 g/mol. The summed E-state index contributed by atoms with van der Waals surface area (Å²) in [5, 5.41) is 10.1. The van der Waals surface area contributed by atoms with Crippen LogP contribution >= 0.6 is 11.3 Å². The third-order valence-electron chi connectivity index (χ3n) is 5.01. The summed E-state index contributed by atoms with van der Waals surface area (Å²) in [4.78, 5) is 24.9. The number of sulfonamides is 1. The quantitative estimate of drug-likeness (QED) is 0.433. The van der Waals surface area contributed by atoms with E-state index < -0.39 is 10.0 Å². The van der Waals surface area contributed by atoms with Crippen LogP contribution in [0.3, 0.4) is 0 Å². The minimum absolute atomic E-state index is 0.00472. The molecule has 158 valence electrons. The van der Waals surface area contributed by atoms with Gasteiger partial charge in [-0.3, -0.25) is 18.6 Å². The Labute approximate surface area is 175 Å². The number of pyridine rings is 1. The fourth-order valence-electron chi connectivity index (χ4n) is 3.41. The summed E-state index contributed by atoms with van der Waals surface area (Å²) in [6.45, 7) is 4.18. The maximum Gasteiger partial charge on any atom is 0.272 e. The van der Waals surface area contributed by atoms with Crippen molar-refractivity contribution in [1.82, 2.24) is 28.0 Å². The summed E-state index contributed by atoms with van der Waals surface area (Å²) in [5.74, 6) is 0.768. The van der Waals surface area contributed by atoms with E-state index in [9.17, 15) is 18.0 Å². The van der Waals surface area contributed by atoms with Crippen LogP contribution in [0.4, 0.5) is 0 Å². The van der Waals surface area contributed by atoms with Gasteiger partial charge in [-0.15, -0.1) is 21.5 Å². The Kier molecular flexibility index (Phi) is 5.08. The van der Waals surface area contributed by atoms with Crippen LogP contribution in [0.25, 0.3) is 16.0 Å². The van der Waals surface area contributed by atoms with Crippen molar-refractivity contribution in [3.63, 3.8) is 0 Å². The third-order valence-corrected chi connectivity index (χ3v) is 7.93. The molecule has 0 aliphatic heterocycles. The van der Waals surface area contributed by atoms with Gasteiger partial charge in [0.15, 0.2) is 5.82 Å². The van der Waals surface area contributed by atoms with Crippen LogP contribution in [0.5, 0.6) is 0 Å². The third kappa shape index (κ3) is 3.07. The van der Waals surface area contributed by atoms with E-state index in [0.717, 1.165) is 0 Å². The van der Waals surface area contributed by atoms with Crippen molar-refractivity contribution in [2.24, 2.45) is 7.05 Å². The predicted octanol–water partition coefficient (Wildman–Crippen LogP) is 0.883. The van der Waals surface area contributed by atoms with E-state index in [4.69, 9.17) is 0 Å². The Morgan fingerprint density at radius 2 is 1.83 bits per heavy atom. The molecule has 12 heteroatoms. The molecular weight excluding hydrogens is 428 g/mol. The standard InChI is InChI=1S/C18H20N6O4S2/c1-4-23(5-2)30(27,28)12-6-7-15(25)22(10-12)11-14-19-20-18-21(3)17(26)16-13(24(14)18)8-9-29-16/h6-10H,4-5,11H2,1-3H3. The van der Waals surface area contributed by atoms with Crippen LogP contribution in [0.1, 0.15) is 19.7 Å². The molecule has 0 bridgehead atoms. The zero-order chi connectivity index (χ0) is 21.6. The van der Waals surface area contributed by atoms with Crippen molar-refractivity contribution in [2.75, 3.05) is 13.1 Å². The number of nitrogens with zero attached hydrogens (tertiary/aromatic N) is 6. The van der Waals surface area contributed by atoms with Gasteiger partial charge >= 0.3 is 0 Å². The number of hydrogen-bond donors (Lipinski definition) is 0. The van der Waals surface area contributed by atoms with Gasteiger partial charge in [-0.2, -0.15) is 4.31 Å². The first-order valence-electron chi connectivity index (χ1n) is 9.30. The molecule has 0 radical (unpaired) electrons. The number of rotatable bonds is 6. The molecule has 0 atom stereocenters. The second kappa shape index (κ2) is 7.45. The molecule has 0 aromatic carbocycles. The molecule has 0 saturated carbocycles. The van der Waals surface area contributed by atoms with Crippen LogP contribution in [0.15, 0.2) is 44.3 Å². The first-order valence-corrected chi connectivity index (χ1v) is 11.6. The lowest BCUT2D eigenvalue weighted by atomic mass is 10.4. The monoisotopic (exact) mass is 448 g/mol. The summed E-state index contributed by atoms with van der Waals surface area (Å²) in [6, 6.07) is 4.34. The second-order valence-electron chi connectivity index (χ2n) is 6.67. The minimum Gasteiger partial charge on any atom is -0.307 e. The van der Waals surface area contributed by atoms with Crippen molar-refractivity contribution < 1.29 is 8.42 Å². The van der Waals surface area contributed by atoms with Crippen LogP contribution in [-0.2, 0) is 23.6 Å². The number of fused-ring (bicyclic) bond motifs is 3. The summed E-state index contributed by atoms with van der Waals surface area (Å²) in [6.07, 6.45) is 1.32. The maximum atomic E-state index is 12.8. The minimum atomic E-state index is -3.71.